The molecule has 104 valence electrons. The van der Waals surface area contributed by atoms with E-state index >= 15 is 0 Å². The molecule has 0 unspecified atom stereocenters. The highest BCUT2D eigenvalue weighted by Crippen LogP contribution is 2.19. The van der Waals surface area contributed by atoms with E-state index in [1.54, 1.807) is 10.6 Å². The molecule has 0 aliphatic carbocycles. The average Bonchev–Trinajstić information content (AvgIpc) is 2.42. The van der Waals surface area contributed by atoms with Gasteiger partial charge in [0.25, 0.3) is 5.56 Å². The summed E-state index contributed by atoms with van der Waals surface area (Å²) >= 11 is 4.93. The minimum absolute atomic E-state index is 0.113. The topological polar surface area (TPSA) is 48.0 Å². The van der Waals surface area contributed by atoms with Crippen molar-refractivity contribution >= 4 is 17.2 Å². The number of thiocarbonyl (C=S) groups is 1. The van der Waals surface area contributed by atoms with Crippen LogP contribution in [0.2, 0.25) is 0 Å². The van der Waals surface area contributed by atoms with Crippen LogP contribution in [0, 0.1) is 6.92 Å². The maximum Gasteiger partial charge on any atom is 0.261 e. The van der Waals surface area contributed by atoms with Crippen LogP contribution in [0.25, 0.3) is 11.3 Å². The van der Waals surface area contributed by atoms with Gasteiger partial charge >= 0.3 is 0 Å². The van der Waals surface area contributed by atoms with Crippen LogP contribution in [0.5, 0.6) is 0 Å². The van der Waals surface area contributed by atoms with Gasteiger partial charge in [-0.1, -0.05) is 49.0 Å². The van der Waals surface area contributed by atoms with Gasteiger partial charge in [0.2, 0.25) is 0 Å². The molecular formula is C16H18N2OS. The molecule has 0 bridgehead atoms. The fourth-order valence-electron chi connectivity index (χ4n) is 2.19. The first kappa shape index (κ1) is 14.5. The van der Waals surface area contributed by atoms with Crippen LogP contribution in [-0.2, 0) is 6.54 Å². The maximum absolute atomic E-state index is 12.5. The first-order chi connectivity index (χ1) is 9.54. The third kappa shape index (κ3) is 2.80. The number of hydrogen-bond acceptors (Lipinski definition) is 2. The molecule has 20 heavy (non-hydrogen) atoms. The lowest BCUT2D eigenvalue weighted by molar-refractivity contribution is 0.660. The average molecular weight is 286 g/mol. The molecule has 0 aliphatic rings. The summed E-state index contributed by atoms with van der Waals surface area (Å²) in [6.45, 7) is 4.73. The highest BCUT2D eigenvalue weighted by Gasteiger charge is 2.11. The van der Waals surface area contributed by atoms with E-state index in [1.807, 2.05) is 44.2 Å². The first-order valence-electron chi connectivity index (χ1n) is 6.65. The number of aryl methyl sites for hydroxylation is 1. The predicted octanol–water partition coefficient (Wildman–Crippen LogP) is 2.87. The van der Waals surface area contributed by atoms with Crippen molar-refractivity contribution in [2.24, 2.45) is 5.73 Å². The Morgan fingerprint density at radius 3 is 2.40 bits per heavy atom. The summed E-state index contributed by atoms with van der Waals surface area (Å²) in [5, 5.41) is 0. The Balaban J connectivity index is 2.64. The predicted molar refractivity (Wildman–Crippen MR) is 87.1 cm³/mol. The molecule has 0 saturated carbocycles. The van der Waals surface area contributed by atoms with Gasteiger partial charge in [0.1, 0.15) is 4.99 Å². The van der Waals surface area contributed by atoms with Crippen molar-refractivity contribution in [3.8, 4) is 11.3 Å². The molecule has 0 aliphatic heterocycles. The standard InChI is InChI=1S/C16H18N2OS/c1-3-10-18-14(12-6-4-11(2)5-7-12)9-8-13(15(17)20)16(18)19/h4-9H,3,10H2,1-2H3,(H2,17,20). The zero-order valence-electron chi connectivity index (χ0n) is 11.7. The molecule has 2 aromatic rings. The van der Waals surface area contributed by atoms with Crippen molar-refractivity contribution in [1.82, 2.24) is 4.57 Å². The van der Waals surface area contributed by atoms with Crippen LogP contribution >= 0.6 is 12.2 Å². The number of nitrogens with two attached hydrogens (primary N) is 1. The van der Waals surface area contributed by atoms with Crippen LogP contribution in [0.15, 0.2) is 41.2 Å². The normalized spacial score (nSPS) is 10.5. The second kappa shape index (κ2) is 6.01. The molecule has 1 aromatic carbocycles. The number of nitrogens with zero attached hydrogens (tertiary/aromatic N) is 1. The van der Waals surface area contributed by atoms with Crippen molar-refractivity contribution in [1.29, 1.82) is 0 Å². The van der Waals surface area contributed by atoms with Crippen LogP contribution < -0.4 is 11.3 Å². The summed E-state index contributed by atoms with van der Waals surface area (Å²) in [7, 11) is 0. The summed E-state index contributed by atoms with van der Waals surface area (Å²) in [5.74, 6) is 0. The van der Waals surface area contributed by atoms with Crippen LogP contribution in [0.4, 0.5) is 0 Å². The van der Waals surface area contributed by atoms with Gasteiger partial charge in [-0.2, -0.15) is 0 Å². The van der Waals surface area contributed by atoms with Crippen molar-refractivity contribution < 1.29 is 0 Å². The smallest absolute Gasteiger partial charge is 0.261 e. The van der Waals surface area contributed by atoms with Gasteiger partial charge in [-0.05, 0) is 31.0 Å². The summed E-state index contributed by atoms with van der Waals surface area (Å²) in [6.07, 6.45) is 0.875. The van der Waals surface area contributed by atoms with E-state index in [9.17, 15) is 4.79 Å². The van der Waals surface area contributed by atoms with Gasteiger partial charge < -0.3 is 10.3 Å². The minimum atomic E-state index is -0.113. The molecule has 0 atom stereocenters. The number of benzene rings is 1. The lowest BCUT2D eigenvalue weighted by Crippen LogP contribution is -2.29. The van der Waals surface area contributed by atoms with E-state index in [2.05, 4.69) is 0 Å². The number of hydrogen-bond donors (Lipinski definition) is 1. The summed E-state index contributed by atoms with van der Waals surface area (Å²) in [4.78, 5) is 12.6. The fourth-order valence-corrected chi connectivity index (χ4v) is 2.34. The molecule has 2 N–H and O–H groups in total. The minimum Gasteiger partial charge on any atom is -0.389 e. The molecule has 3 nitrogen and oxygen atoms in total. The largest absolute Gasteiger partial charge is 0.389 e. The summed E-state index contributed by atoms with van der Waals surface area (Å²) in [6, 6.07) is 11.8. The molecule has 0 amide bonds. The molecule has 0 fully saturated rings. The van der Waals surface area contributed by atoms with Crippen molar-refractivity contribution in [3.05, 3.63) is 57.9 Å². The van der Waals surface area contributed by atoms with E-state index in [0.717, 1.165) is 17.7 Å². The number of rotatable bonds is 4. The van der Waals surface area contributed by atoms with Gasteiger partial charge in [-0.15, -0.1) is 0 Å². The van der Waals surface area contributed by atoms with Crippen molar-refractivity contribution in [3.63, 3.8) is 0 Å². The van der Waals surface area contributed by atoms with E-state index < -0.39 is 0 Å². The Morgan fingerprint density at radius 2 is 1.85 bits per heavy atom. The van der Waals surface area contributed by atoms with Crippen LogP contribution in [-0.4, -0.2) is 9.56 Å². The zero-order valence-corrected chi connectivity index (χ0v) is 12.5. The highest BCUT2D eigenvalue weighted by molar-refractivity contribution is 7.80. The van der Waals surface area contributed by atoms with Gasteiger partial charge in [0.15, 0.2) is 0 Å². The maximum atomic E-state index is 12.5. The monoisotopic (exact) mass is 286 g/mol. The zero-order chi connectivity index (χ0) is 14.7. The van der Waals surface area contributed by atoms with Gasteiger partial charge in [-0.3, -0.25) is 4.79 Å². The Hall–Kier alpha value is -1.94. The number of aromatic nitrogens is 1. The third-order valence-corrected chi connectivity index (χ3v) is 3.45. The lowest BCUT2D eigenvalue weighted by Gasteiger charge is -2.14. The van der Waals surface area contributed by atoms with Crippen molar-refractivity contribution in [2.45, 2.75) is 26.8 Å². The van der Waals surface area contributed by atoms with E-state index in [1.165, 1.54) is 5.56 Å². The quantitative estimate of drug-likeness (QED) is 0.879. The molecule has 0 radical (unpaired) electrons. The van der Waals surface area contributed by atoms with Gasteiger partial charge in [-0.25, -0.2) is 0 Å². The third-order valence-electron chi connectivity index (χ3n) is 3.23. The Labute approximate surface area is 124 Å². The van der Waals surface area contributed by atoms with E-state index in [4.69, 9.17) is 18.0 Å². The van der Waals surface area contributed by atoms with Crippen LogP contribution in [0.1, 0.15) is 24.5 Å². The van der Waals surface area contributed by atoms with E-state index in [-0.39, 0.29) is 10.5 Å². The first-order valence-corrected chi connectivity index (χ1v) is 7.06. The number of pyridine rings is 1. The Morgan fingerprint density at radius 1 is 1.20 bits per heavy atom. The van der Waals surface area contributed by atoms with Crippen molar-refractivity contribution in [2.75, 3.05) is 0 Å². The second-order valence-corrected chi connectivity index (χ2v) is 5.26. The summed E-state index contributed by atoms with van der Waals surface area (Å²) < 4.78 is 1.75. The molecular weight excluding hydrogens is 268 g/mol. The molecule has 1 aromatic heterocycles. The summed E-state index contributed by atoms with van der Waals surface area (Å²) in [5.41, 5.74) is 9.02. The molecule has 1 heterocycles. The lowest BCUT2D eigenvalue weighted by atomic mass is 10.1. The Kier molecular flexibility index (Phi) is 4.35. The highest BCUT2D eigenvalue weighted by atomic mass is 32.1. The fraction of sp³-hybridized carbons (Fsp3) is 0.250. The van der Waals surface area contributed by atoms with Gasteiger partial charge in [0, 0.05) is 6.54 Å². The molecule has 0 spiro atoms. The molecule has 0 saturated heterocycles. The van der Waals surface area contributed by atoms with E-state index in [0.29, 0.717) is 12.1 Å². The van der Waals surface area contributed by atoms with Crippen LogP contribution in [0.3, 0.4) is 0 Å². The van der Waals surface area contributed by atoms with Gasteiger partial charge in [0.05, 0.1) is 11.3 Å². The Bertz CT molecular complexity index is 687. The second-order valence-electron chi connectivity index (χ2n) is 4.82. The molecule has 4 heteroatoms. The molecule has 2 rings (SSSR count). The SMILES string of the molecule is CCCn1c(-c2ccc(C)cc2)ccc(C(N)=S)c1=O.